The Morgan fingerprint density at radius 1 is 1.60 bits per heavy atom. The van der Waals surface area contributed by atoms with Crippen molar-refractivity contribution in [1.82, 2.24) is 0 Å². The largest absolute Gasteiger partial charge is 0.481 e. The molecule has 1 atom stereocenters. The van der Waals surface area contributed by atoms with Gasteiger partial charge < -0.3 is 9.84 Å². The quantitative estimate of drug-likeness (QED) is 0.917. The summed E-state index contributed by atoms with van der Waals surface area (Å²) in [5.41, 5.74) is 0.0667. The van der Waals surface area contributed by atoms with E-state index in [-0.39, 0.29) is 6.42 Å². The first-order valence-corrected chi connectivity index (χ1v) is 5.30. The molecule has 0 saturated carbocycles. The number of carbonyl (C=O) groups is 1. The zero-order chi connectivity index (χ0) is 11.5. The number of carboxylic acids is 1. The van der Waals surface area contributed by atoms with Crippen molar-refractivity contribution in [2.24, 2.45) is 0 Å². The highest BCUT2D eigenvalue weighted by Gasteiger charge is 2.29. The van der Waals surface area contributed by atoms with E-state index in [2.05, 4.69) is 15.9 Å². The van der Waals surface area contributed by atoms with E-state index in [1.165, 1.54) is 7.11 Å². The lowest BCUT2D eigenvalue weighted by atomic mass is 9.92. The van der Waals surface area contributed by atoms with E-state index in [9.17, 15) is 4.79 Å². The fourth-order valence-electron chi connectivity index (χ4n) is 1.40. The molecule has 3 nitrogen and oxygen atoms in total. The molecule has 0 amide bonds. The van der Waals surface area contributed by atoms with Gasteiger partial charge in [0.25, 0.3) is 0 Å². The summed E-state index contributed by atoms with van der Waals surface area (Å²) in [7, 11) is 1.52. The lowest BCUT2D eigenvalue weighted by molar-refractivity contribution is -0.143. The third-order valence-corrected chi connectivity index (χ3v) is 2.87. The van der Waals surface area contributed by atoms with E-state index >= 15 is 0 Å². The standard InChI is InChI=1S/C11H13BrO3/c1-11(15-2,7-10(13)14)8-4-3-5-9(12)6-8/h3-6H,7H2,1-2H3,(H,13,14). The predicted octanol–water partition coefficient (Wildman–Crippen LogP) is 2.79. The molecule has 0 aromatic heterocycles. The van der Waals surface area contributed by atoms with Crippen molar-refractivity contribution in [2.45, 2.75) is 18.9 Å². The average Bonchev–Trinajstić information content (AvgIpc) is 2.16. The van der Waals surface area contributed by atoms with Crippen molar-refractivity contribution in [3.8, 4) is 0 Å². The molecule has 1 rings (SSSR count). The molecule has 0 aliphatic heterocycles. The summed E-state index contributed by atoms with van der Waals surface area (Å²) >= 11 is 3.35. The maximum atomic E-state index is 10.7. The van der Waals surface area contributed by atoms with Crippen LogP contribution in [0.1, 0.15) is 18.9 Å². The molecule has 0 fully saturated rings. The molecule has 0 saturated heterocycles. The second kappa shape index (κ2) is 4.77. The molecule has 1 unspecified atom stereocenters. The number of rotatable bonds is 4. The number of ether oxygens (including phenoxy) is 1. The highest BCUT2D eigenvalue weighted by Crippen LogP contribution is 2.30. The third-order valence-electron chi connectivity index (χ3n) is 2.37. The van der Waals surface area contributed by atoms with Crippen LogP contribution in [0.15, 0.2) is 28.7 Å². The molecule has 82 valence electrons. The normalized spacial score (nSPS) is 14.6. The Morgan fingerprint density at radius 3 is 2.73 bits per heavy atom. The van der Waals surface area contributed by atoms with Gasteiger partial charge in [0, 0.05) is 11.6 Å². The summed E-state index contributed by atoms with van der Waals surface area (Å²) in [6.07, 6.45) is -0.0556. The summed E-state index contributed by atoms with van der Waals surface area (Å²) in [5, 5.41) is 8.82. The molecular formula is C11H13BrO3. The van der Waals surface area contributed by atoms with E-state index in [1.54, 1.807) is 6.92 Å². The van der Waals surface area contributed by atoms with Gasteiger partial charge in [0.1, 0.15) is 5.60 Å². The van der Waals surface area contributed by atoms with Crippen molar-refractivity contribution in [3.63, 3.8) is 0 Å². The van der Waals surface area contributed by atoms with Gasteiger partial charge >= 0.3 is 5.97 Å². The fourth-order valence-corrected chi connectivity index (χ4v) is 1.80. The minimum absolute atomic E-state index is 0.0556. The SMILES string of the molecule is COC(C)(CC(=O)O)c1cccc(Br)c1. The first kappa shape index (κ1) is 12.2. The van der Waals surface area contributed by atoms with Crippen molar-refractivity contribution >= 4 is 21.9 Å². The Balaban J connectivity index is 3.05. The van der Waals surface area contributed by atoms with Crippen LogP contribution in [0, 0.1) is 0 Å². The molecule has 0 heterocycles. The van der Waals surface area contributed by atoms with Gasteiger partial charge in [0.15, 0.2) is 0 Å². The van der Waals surface area contributed by atoms with Crippen molar-refractivity contribution < 1.29 is 14.6 Å². The Hall–Kier alpha value is -0.870. The molecular weight excluding hydrogens is 260 g/mol. The third kappa shape index (κ3) is 3.04. The van der Waals surface area contributed by atoms with Gasteiger partial charge in [0.2, 0.25) is 0 Å². The monoisotopic (exact) mass is 272 g/mol. The van der Waals surface area contributed by atoms with Crippen LogP contribution in [0.2, 0.25) is 0 Å². The minimum atomic E-state index is -0.876. The van der Waals surface area contributed by atoms with E-state index in [0.29, 0.717) is 0 Å². The van der Waals surface area contributed by atoms with E-state index in [4.69, 9.17) is 9.84 Å². The molecule has 1 aromatic rings. The summed E-state index contributed by atoms with van der Waals surface area (Å²) in [5.74, 6) is -0.876. The van der Waals surface area contributed by atoms with Crippen molar-refractivity contribution in [1.29, 1.82) is 0 Å². The summed E-state index contributed by atoms with van der Waals surface area (Å²) in [6.45, 7) is 1.77. The zero-order valence-electron chi connectivity index (χ0n) is 8.66. The highest BCUT2D eigenvalue weighted by molar-refractivity contribution is 9.10. The number of aliphatic carboxylic acids is 1. The van der Waals surface area contributed by atoms with Crippen LogP contribution < -0.4 is 0 Å². The van der Waals surface area contributed by atoms with Crippen LogP contribution in [-0.4, -0.2) is 18.2 Å². The van der Waals surface area contributed by atoms with Crippen molar-refractivity contribution in [3.05, 3.63) is 34.3 Å². The van der Waals surface area contributed by atoms with Crippen LogP contribution in [0.25, 0.3) is 0 Å². The molecule has 0 aliphatic carbocycles. The second-order valence-electron chi connectivity index (χ2n) is 3.52. The van der Waals surface area contributed by atoms with Gasteiger partial charge in [-0.1, -0.05) is 28.1 Å². The lowest BCUT2D eigenvalue weighted by Gasteiger charge is -2.27. The van der Waals surface area contributed by atoms with E-state index in [0.717, 1.165) is 10.0 Å². The molecule has 0 bridgehead atoms. The van der Waals surface area contributed by atoms with Crippen LogP contribution >= 0.6 is 15.9 Å². The number of hydrogen-bond donors (Lipinski definition) is 1. The minimum Gasteiger partial charge on any atom is -0.481 e. The summed E-state index contributed by atoms with van der Waals surface area (Å²) in [6, 6.07) is 7.47. The molecule has 0 radical (unpaired) electrons. The van der Waals surface area contributed by atoms with Gasteiger partial charge in [-0.3, -0.25) is 4.79 Å². The van der Waals surface area contributed by atoms with E-state index in [1.807, 2.05) is 24.3 Å². The average molecular weight is 273 g/mol. The molecule has 0 spiro atoms. The number of methoxy groups -OCH3 is 1. The predicted molar refractivity (Wildman–Crippen MR) is 60.8 cm³/mol. The number of halogens is 1. The van der Waals surface area contributed by atoms with Gasteiger partial charge in [-0.2, -0.15) is 0 Å². The van der Waals surface area contributed by atoms with Crippen LogP contribution in [0.5, 0.6) is 0 Å². The molecule has 15 heavy (non-hydrogen) atoms. The maximum absolute atomic E-state index is 10.7. The van der Waals surface area contributed by atoms with E-state index < -0.39 is 11.6 Å². The Bertz CT molecular complexity index is 365. The summed E-state index contributed by atoms with van der Waals surface area (Å²) < 4.78 is 6.20. The van der Waals surface area contributed by atoms with Crippen LogP contribution in [0.3, 0.4) is 0 Å². The highest BCUT2D eigenvalue weighted by atomic mass is 79.9. The van der Waals surface area contributed by atoms with Gasteiger partial charge in [-0.15, -0.1) is 0 Å². The van der Waals surface area contributed by atoms with Crippen molar-refractivity contribution in [2.75, 3.05) is 7.11 Å². The lowest BCUT2D eigenvalue weighted by Crippen LogP contribution is -2.27. The van der Waals surface area contributed by atoms with Gasteiger partial charge in [0.05, 0.1) is 6.42 Å². The molecule has 0 aliphatic rings. The second-order valence-corrected chi connectivity index (χ2v) is 4.43. The number of benzene rings is 1. The smallest absolute Gasteiger partial charge is 0.306 e. The Kier molecular flexibility index (Phi) is 3.88. The van der Waals surface area contributed by atoms with Crippen LogP contribution in [0.4, 0.5) is 0 Å². The fraction of sp³-hybridized carbons (Fsp3) is 0.364. The molecule has 1 N–H and O–H groups in total. The number of carboxylic acid groups (broad SMARTS) is 1. The van der Waals surface area contributed by atoms with Gasteiger partial charge in [-0.05, 0) is 24.6 Å². The maximum Gasteiger partial charge on any atom is 0.306 e. The topological polar surface area (TPSA) is 46.5 Å². The first-order valence-electron chi connectivity index (χ1n) is 4.51. The number of hydrogen-bond acceptors (Lipinski definition) is 2. The van der Waals surface area contributed by atoms with Gasteiger partial charge in [-0.25, -0.2) is 0 Å². The summed E-state index contributed by atoms with van der Waals surface area (Å²) in [4.78, 5) is 10.7. The zero-order valence-corrected chi connectivity index (χ0v) is 10.2. The molecule has 1 aromatic carbocycles. The Labute approximate surface area is 97.2 Å². The Morgan fingerprint density at radius 2 is 2.27 bits per heavy atom. The molecule has 4 heteroatoms. The van der Waals surface area contributed by atoms with Crippen LogP contribution in [-0.2, 0) is 15.1 Å². The first-order chi connectivity index (χ1) is 6.98.